The normalized spacial score (nSPS) is 14.3. The largest absolute Gasteiger partial charge is 0.452 e. The molecule has 174 valence electrons. The van der Waals surface area contributed by atoms with E-state index in [2.05, 4.69) is 10.6 Å². The minimum absolute atomic E-state index is 0.124. The number of anilines is 1. The highest BCUT2D eigenvalue weighted by atomic mass is 19.4. The molecule has 2 aromatic rings. The van der Waals surface area contributed by atoms with Crippen molar-refractivity contribution in [2.24, 2.45) is 0 Å². The van der Waals surface area contributed by atoms with E-state index in [0.717, 1.165) is 43.9 Å². The number of hydrogen-bond acceptors (Lipinski definition) is 4. The molecule has 0 heterocycles. The molecule has 0 unspecified atom stereocenters. The first-order valence-electron chi connectivity index (χ1n) is 10.4. The number of esters is 1. The molecule has 0 aromatic heterocycles. The van der Waals surface area contributed by atoms with Gasteiger partial charge in [0.1, 0.15) is 0 Å². The summed E-state index contributed by atoms with van der Waals surface area (Å²) >= 11 is 0. The highest BCUT2D eigenvalue weighted by molar-refractivity contribution is 6.04. The molecule has 1 saturated carbocycles. The van der Waals surface area contributed by atoms with Crippen molar-refractivity contribution in [3.63, 3.8) is 0 Å². The quantitative estimate of drug-likeness (QED) is 0.468. The summed E-state index contributed by atoms with van der Waals surface area (Å²) in [7, 11) is 0. The van der Waals surface area contributed by atoms with Crippen molar-refractivity contribution < 1.29 is 32.3 Å². The number of rotatable bonds is 7. The summed E-state index contributed by atoms with van der Waals surface area (Å²) in [5, 5.41) is 5.51. The van der Waals surface area contributed by atoms with Crippen molar-refractivity contribution >= 4 is 29.5 Å². The summed E-state index contributed by atoms with van der Waals surface area (Å²) in [6, 6.07) is 10.9. The molecule has 33 heavy (non-hydrogen) atoms. The molecule has 0 saturated heterocycles. The first-order valence-corrected chi connectivity index (χ1v) is 10.4. The number of alkyl halides is 3. The fourth-order valence-corrected chi connectivity index (χ4v) is 3.44. The molecule has 0 radical (unpaired) electrons. The minimum atomic E-state index is -4.44. The van der Waals surface area contributed by atoms with Crippen LogP contribution in [0, 0.1) is 0 Å². The monoisotopic (exact) mass is 460 g/mol. The van der Waals surface area contributed by atoms with Gasteiger partial charge in [-0.3, -0.25) is 9.59 Å². The van der Waals surface area contributed by atoms with Crippen LogP contribution < -0.4 is 10.6 Å². The number of hydrogen-bond donors (Lipinski definition) is 2. The van der Waals surface area contributed by atoms with Crippen LogP contribution in [0.25, 0.3) is 6.08 Å². The summed E-state index contributed by atoms with van der Waals surface area (Å²) in [6.45, 7) is -0.589. The number of para-hydroxylation sites is 1. The molecule has 0 bridgehead atoms. The number of carbonyl (C=O) groups is 3. The van der Waals surface area contributed by atoms with Crippen molar-refractivity contribution in [1.82, 2.24) is 5.32 Å². The van der Waals surface area contributed by atoms with E-state index in [-0.39, 0.29) is 11.9 Å². The van der Waals surface area contributed by atoms with Gasteiger partial charge in [0.05, 0.1) is 16.8 Å². The Morgan fingerprint density at radius 1 is 1.00 bits per heavy atom. The molecule has 1 aliphatic rings. The molecule has 0 atom stereocenters. The van der Waals surface area contributed by atoms with Crippen molar-refractivity contribution in [2.45, 2.75) is 37.9 Å². The van der Waals surface area contributed by atoms with Crippen molar-refractivity contribution in [3.05, 3.63) is 71.3 Å². The molecular formula is C24H23F3N2O4. The van der Waals surface area contributed by atoms with Gasteiger partial charge in [-0.15, -0.1) is 0 Å². The number of carbonyl (C=O) groups excluding carboxylic acids is 3. The second-order valence-electron chi connectivity index (χ2n) is 7.61. The van der Waals surface area contributed by atoms with Gasteiger partial charge < -0.3 is 15.4 Å². The lowest BCUT2D eigenvalue weighted by atomic mass is 10.1. The SMILES string of the molecule is O=C(COC(=O)/C=C/c1ccc(C(F)(F)F)cc1)Nc1ccccc1C(=O)NC1CCCC1. The maximum atomic E-state index is 12.6. The lowest BCUT2D eigenvalue weighted by Gasteiger charge is -2.15. The van der Waals surface area contributed by atoms with Crippen LogP contribution in [0.2, 0.25) is 0 Å². The third-order valence-electron chi connectivity index (χ3n) is 5.13. The Hall–Kier alpha value is -3.62. The third-order valence-corrected chi connectivity index (χ3v) is 5.13. The maximum absolute atomic E-state index is 12.6. The summed E-state index contributed by atoms with van der Waals surface area (Å²) < 4.78 is 42.6. The average Bonchev–Trinajstić information content (AvgIpc) is 3.29. The summed E-state index contributed by atoms with van der Waals surface area (Å²) in [5.74, 6) is -1.75. The predicted molar refractivity (Wildman–Crippen MR) is 116 cm³/mol. The highest BCUT2D eigenvalue weighted by Crippen LogP contribution is 2.29. The molecule has 9 heteroatoms. The number of nitrogens with one attached hydrogen (secondary N) is 2. The first-order chi connectivity index (χ1) is 15.7. The van der Waals surface area contributed by atoms with Gasteiger partial charge >= 0.3 is 12.1 Å². The molecule has 0 spiro atoms. The van der Waals surface area contributed by atoms with Crippen LogP contribution in [0.15, 0.2) is 54.6 Å². The number of amides is 2. The lowest BCUT2D eigenvalue weighted by Crippen LogP contribution is -2.33. The Kier molecular flexibility index (Phi) is 7.87. The van der Waals surface area contributed by atoms with Crippen molar-refractivity contribution in [2.75, 3.05) is 11.9 Å². The summed E-state index contributed by atoms with van der Waals surface area (Å²) in [4.78, 5) is 36.6. The smallest absolute Gasteiger partial charge is 0.416 e. The Labute approximate surface area is 188 Å². The Morgan fingerprint density at radius 2 is 1.67 bits per heavy atom. The van der Waals surface area contributed by atoms with E-state index >= 15 is 0 Å². The third kappa shape index (κ3) is 7.20. The van der Waals surface area contributed by atoms with Gasteiger partial charge in [-0.05, 0) is 48.7 Å². The summed E-state index contributed by atoms with van der Waals surface area (Å²) in [6.07, 6.45) is 1.85. The Bertz CT molecular complexity index is 1030. The number of ether oxygens (including phenoxy) is 1. The van der Waals surface area contributed by atoms with Crippen LogP contribution in [0.1, 0.15) is 47.2 Å². The van der Waals surface area contributed by atoms with Crippen LogP contribution in [0.4, 0.5) is 18.9 Å². The van der Waals surface area contributed by atoms with Crippen molar-refractivity contribution in [3.8, 4) is 0 Å². The Morgan fingerprint density at radius 3 is 2.33 bits per heavy atom. The topological polar surface area (TPSA) is 84.5 Å². The van der Waals surface area contributed by atoms with Crippen LogP contribution in [0.3, 0.4) is 0 Å². The molecule has 1 aliphatic carbocycles. The zero-order valence-electron chi connectivity index (χ0n) is 17.7. The molecule has 2 amide bonds. The van der Waals surface area contributed by atoms with E-state index in [9.17, 15) is 27.6 Å². The second-order valence-corrected chi connectivity index (χ2v) is 7.61. The van der Waals surface area contributed by atoms with Gasteiger partial charge in [-0.25, -0.2) is 4.79 Å². The molecule has 2 aromatic carbocycles. The second kappa shape index (κ2) is 10.8. The van der Waals surface area contributed by atoms with Crippen LogP contribution >= 0.6 is 0 Å². The van der Waals surface area contributed by atoms with Crippen LogP contribution in [0.5, 0.6) is 0 Å². The zero-order valence-corrected chi connectivity index (χ0v) is 17.7. The lowest BCUT2D eigenvalue weighted by molar-refractivity contribution is -0.142. The first kappa shape index (κ1) is 24.0. The van der Waals surface area contributed by atoms with Crippen LogP contribution in [-0.2, 0) is 20.5 Å². The molecule has 6 nitrogen and oxygen atoms in total. The molecule has 0 aliphatic heterocycles. The molecule has 2 N–H and O–H groups in total. The molecule has 3 rings (SSSR count). The molecule has 1 fully saturated rings. The van der Waals surface area contributed by atoms with E-state index in [1.165, 1.54) is 18.2 Å². The van der Waals surface area contributed by atoms with Gasteiger partial charge in [0.2, 0.25) is 0 Å². The van der Waals surface area contributed by atoms with E-state index in [1.54, 1.807) is 24.3 Å². The fourth-order valence-electron chi connectivity index (χ4n) is 3.44. The number of halogens is 3. The zero-order chi connectivity index (χ0) is 23.8. The highest BCUT2D eigenvalue weighted by Gasteiger charge is 2.29. The van der Waals surface area contributed by atoms with Gasteiger partial charge in [-0.1, -0.05) is 37.1 Å². The van der Waals surface area contributed by atoms with Crippen molar-refractivity contribution in [1.29, 1.82) is 0 Å². The van der Waals surface area contributed by atoms with E-state index < -0.39 is 30.2 Å². The number of benzene rings is 2. The maximum Gasteiger partial charge on any atom is 0.416 e. The van der Waals surface area contributed by atoms with Gasteiger partial charge in [0.15, 0.2) is 6.61 Å². The minimum Gasteiger partial charge on any atom is -0.452 e. The van der Waals surface area contributed by atoms with E-state index in [1.807, 2.05) is 0 Å². The van der Waals surface area contributed by atoms with Gasteiger partial charge in [-0.2, -0.15) is 13.2 Å². The van der Waals surface area contributed by atoms with Gasteiger partial charge in [0, 0.05) is 12.1 Å². The average molecular weight is 460 g/mol. The summed E-state index contributed by atoms with van der Waals surface area (Å²) in [5.41, 5.74) is 0.184. The predicted octanol–water partition coefficient (Wildman–Crippen LogP) is 4.57. The Balaban J connectivity index is 1.50. The van der Waals surface area contributed by atoms with E-state index in [0.29, 0.717) is 16.8 Å². The molecular weight excluding hydrogens is 437 g/mol. The van der Waals surface area contributed by atoms with Gasteiger partial charge in [0.25, 0.3) is 11.8 Å². The van der Waals surface area contributed by atoms with Crippen LogP contribution in [-0.4, -0.2) is 30.4 Å². The fraction of sp³-hybridized carbons (Fsp3) is 0.292. The van der Waals surface area contributed by atoms with E-state index in [4.69, 9.17) is 4.74 Å². The standard InChI is InChI=1S/C24H23F3N2O4/c25-24(26,27)17-12-9-16(10-13-17)11-14-22(31)33-15-21(30)29-20-8-4-3-7-19(20)23(32)28-18-5-1-2-6-18/h3-4,7-14,18H,1-2,5-6,15H2,(H,28,32)(H,29,30)/b14-11+.